The SMILES string of the molecule is CCOC(=O)C1CCN(C(=O)C2CCC(=O)N2Cc2ccc3c(c2)OCO3)CC1. The van der Waals surface area contributed by atoms with Crippen molar-refractivity contribution in [3.8, 4) is 11.5 Å². The Morgan fingerprint density at radius 2 is 1.90 bits per heavy atom. The van der Waals surface area contributed by atoms with Crippen molar-refractivity contribution in [1.82, 2.24) is 9.80 Å². The van der Waals surface area contributed by atoms with Crippen molar-refractivity contribution >= 4 is 17.8 Å². The average molecular weight is 402 g/mol. The molecule has 1 atom stereocenters. The molecule has 3 aliphatic heterocycles. The molecule has 0 saturated carbocycles. The third-order valence-corrected chi connectivity index (χ3v) is 5.83. The molecule has 0 aliphatic carbocycles. The molecule has 0 radical (unpaired) electrons. The minimum atomic E-state index is -0.452. The highest BCUT2D eigenvalue weighted by atomic mass is 16.7. The summed E-state index contributed by atoms with van der Waals surface area (Å²) in [7, 11) is 0. The zero-order chi connectivity index (χ0) is 20.4. The highest BCUT2D eigenvalue weighted by molar-refractivity contribution is 5.91. The molecule has 29 heavy (non-hydrogen) atoms. The van der Waals surface area contributed by atoms with Crippen molar-refractivity contribution in [1.29, 1.82) is 0 Å². The Morgan fingerprint density at radius 3 is 2.66 bits per heavy atom. The molecule has 8 heteroatoms. The number of carbonyl (C=O) groups excluding carboxylic acids is 3. The molecule has 156 valence electrons. The summed E-state index contributed by atoms with van der Waals surface area (Å²) in [5.74, 6) is 0.993. The van der Waals surface area contributed by atoms with Crippen LogP contribution in [0.1, 0.15) is 38.2 Å². The average Bonchev–Trinajstić information content (AvgIpc) is 3.34. The van der Waals surface area contributed by atoms with Gasteiger partial charge in [0.2, 0.25) is 18.6 Å². The third kappa shape index (κ3) is 4.02. The van der Waals surface area contributed by atoms with Crippen LogP contribution < -0.4 is 9.47 Å². The van der Waals surface area contributed by atoms with Gasteiger partial charge in [-0.05, 0) is 43.9 Å². The minimum Gasteiger partial charge on any atom is -0.466 e. The van der Waals surface area contributed by atoms with Crippen molar-refractivity contribution in [3.05, 3.63) is 23.8 Å². The van der Waals surface area contributed by atoms with Gasteiger partial charge in [0.05, 0.1) is 12.5 Å². The summed E-state index contributed by atoms with van der Waals surface area (Å²) < 4.78 is 15.8. The number of carbonyl (C=O) groups is 3. The quantitative estimate of drug-likeness (QED) is 0.697. The second-order valence-corrected chi connectivity index (χ2v) is 7.62. The third-order valence-electron chi connectivity index (χ3n) is 5.83. The van der Waals surface area contributed by atoms with E-state index in [2.05, 4.69) is 0 Å². The van der Waals surface area contributed by atoms with Crippen LogP contribution in [0.3, 0.4) is 0 Å². The van der Waals surface area contributed by atoms with Gasteiger partial charge in [-0.25, -0.2) is 0 Å². The zero-order valence-electron chi connectivity index (χ0n) is 16.6. The lowest BCUT2D eigenvalue weighted by molar-refractivity contribution is -0.152. The van der Waals surface area contributed by atoms with E-state index in [4.69, 9.17) is 14.2 Å². The Hall–Kier alpha value is -2.77. The Labute approximate surface area is 169 Å². The summed E-state index contributed by atoms with van der Waals surface area (Å²) in [6.07, 6.45) is 2.11. The van der Waals surface area contributed by atoms with Gasteiger partial charge >= 0.3 is 5.97 Å². The zero-order valence-corrected chi connectivity index (χ0v) is 16.6. The first-order valence-electron chi connectivity index (χ1n) is 10.2. The maximum absolute atomic E-state index is 13.1. The van der Waals surface area contributed by atoms with Crippen molar-refractivity contribution < 1.29 is 28.6 Å². The van der Waals surface area contributed by atoms with Crippen molar-refractivity contribution in [2.75, 3.05) is 26.5 Å². The van der Waals surface area contributed by atoms with E-state index in [0.29, 0.717) is 63.4 Å². The maximum atomic E-state index is 13.1. The van der Waals surface area contributed by atoms with E-state index in [-0.39, 0.29) is 30.5 Å². The van der Waals surface area contributed by atoms with Crippen LogP contribution in [0, 0.1) is 5.92 Å². The summed E-state index contributed by atoms with van der Waals surface area (Å²) in [5, 5.41) is 0. The van der Waals surface area contributed by atoms with E-state index in [1.54, 1.807) is 16.7 Å². The van der Waals surface area contributed by atoms with Gasteiger partial charge in [0.15, 0.2) is 11.5 Å². The predicted molar refractivity (Wildman–Crippen MR) is 102 cm³/mol. The van der Waals surface area contributed by atoms with E-state index in [1.807, 2.05) is 18.2 Å². The predicted octanol–water partition coefficient (Wildman–Crippen LogP) is 1.71. The fourth-order valence-electron chi connectivity index (χ4n) is 4.23. The van der Waals surface area contributed by atoms with Crippen molar-refractivity contribution in [3.63, 3.8) is 0 Å². The van der Waals surface area contributed by atoms with Crippen LogP contribution in [0.4, 0.5) is 0 Å². The van der Waals surface area contributed by atoms with Crippen LogP contribution in [0.25, 0.3) is 0 Å². The largest absolute Gasteiger partial charge is 0.466 e. The molecular weight excluding hydrogens is 376 g/mol. The smallest absolute Gasteiger partial charge is 0.309 e. The number of rotatable bonds is 5. The molecule has 2 fully saturated rings. The summed E-state index contributed by atoms with van der Waals surface area (Å²) in [6, 6.07) is 5.13. The second kappa shape index (κ2) is 8.31. The van der Waals surface area contributed by atoms with Crippen LogP contribution in [0.2, 0.25) is 0 Å². The summed E-state index contributed by atoms with van der Waals surface area (Å²) in [4.78, 5) is 40.9. The number of nitrogens with zero attached hydrogens (tertiary/aromatic N) is 2. The van der Waals surface area contributed by atoms with Gasteiger partial charge < -0.3 is 24.0 Å². The molecule has 3 heterocycles. The van der Waals surface area contributed by atoms with Crippen molar-refractivity contribution in [2.45, 2.75) is 45.2 Å². The molecule has 3 aliphatic rings. The van der Waals surface area contributed by atoms with Gasteiger partial charge in [0.1, 0.15) is 6.04 Å². The fraction of sp³-hybridized carbons (Fsp3) is 0.571. The lowest BCUT2D eigenvalue weighted by Gasteiger charge is -2.34. The Balaban J connectivity index is 1.39. The molecule has 0 spiro atoms. The Kier molecular flexibility index (Phi) is 5.60. The molecule has 1 aromatic rings. The number of hydrogen-bond donors (Lipinski definition) is 0. The second-order valence-electron chi connectivity index (χ2n) is 7.62. The summed E-state index contributed by atoms with van der Waals surface area (Å²) in [6.45, 7) is 3.77. The number of benzene rings is 1. The van der Waals surface area contributed by atoms with E-state index in [9.17, 15) is 14.4 Å². The normalized spacial score (nSPS) is 21.6. The molecule has 2 saturated heterocycles. The first-order chi connectivity index (χ1) is 14.1. The number of hydrogen-bond acceptors (Lipinski definition) is 6. The molecule has 1 unspecified atom stereocenters. The summed E-state index contributed by atoms with van der Waals surface area (Å²) in [5.41, 5.74) is 0.906. The van der Waals surface area contributed by atoms with Gasteiger partial charge in [0.25, 0.3) is 0 Å². The van der Waals surface area contributed by atoms with Gasteiger partial charge in [-0.2, -0.15) is 0 Å². The standard InChI is InChI=1S/C21H26N2O6/c1-2-27-21(26)15-7-9-22(10-8-15)20(25)16-4-6-19(24)23(16)12-14-3-5-17-18(11-14)29-13-28-17/h3,5,11,15-16H,2,4,6-10,12-13H2,1H3. The van der Waals surface area contributed by atoms with E-state index < -0.39 is 6.04 Å². The van der Waals surface area contributed by atoms with Crippen LogP contribution in [-0.4, -0.2) is 60.1 Å². The number of piperidine rings is 1. The number of likely N-dealkylation sites (tertiary alicyclic amines) is 2. The summed E-state index contributed by atoms with van der Waals surface area (Å²) >= 11 is 0. The molecule has 2 amide bonds. The number of ether oxygens (including phenoxy) is 3. The van der Waals surface area contributed by atoms with Crippen LogP contribution in [-0.2, 0) is 25.7 Å². The molecule has 4 rings (SSSR count). The molecule has 0 N–H and O–H groups in total. The lowest BCUT2D eigenvalue weighted by atomic mass is 9.96. The van der Waals surface area contributed by atoms with Gasteiger partial charge in [0, 0.05) is 26.1 Å². The molecule has 8 nitrogen and oxygen atoms in total. The monoisotopic (exact) mass is 402 g/mol. The van der Waals surface area contributed by atoms with Crippen LogP contribution in [0.15, 0.2) is 18.2 Å². The van der Waals surface area contributed by atoms with E-state index >= 15 is 0 Å². The highest BCUT2D eigenvalue weighted by Crippen LogP contribution is 2.34. The lowest BCUT2D eigenvalue weighted by Crippen LogP contribution is -2.49. The number of amides is 2. The van der Waals surface area contributed by atoms with Crippen LogP contribution >= 0.6 is 0 Å². The molecule has 1 aromatic carbocycles. The van der Waals surface area contributed by atoms with Crippen molar-refractivity contribution in [2.24, 2.45) is 5.92 Å². The van der Waals surface area contributed by atoms with Gasteiger partial charge in [-0.1, -0.05) is 6.07 Å². The topological polar surface area (TPSA) is 85.4 Å². The minimum absolute atomic E-state index is 0.0116. The fourth-order valence-corrected chi connectivity index (χ4v) is 4.23. The number of fused-ring (bicyclic) bond motifs is 1. The molecule has 0 bridgehead atoms. The molecule has 0 aromatic heterocycles. The van der Waals surface area contributed by atoms with E-state index in [1.165, 1.54) is 0 Å². The molecular formula is C21H26N2O6. The van der Waals surface area contributed by atoms with Gasteiger partial charge in [-0.15, -0.1) is 0 Å². The Bertz CT molecular complexity index is 802. The number of esters is 1. The highest BCUT2D eigenvalue weighted by Gasteiger charge is 2.39. The first kappa shape index (κ1) is 19.5. The first-order valence-corrected chi connectivity index (χ1v) is 10.2. The van der Waals surface area contributed by atoms with Gasteiger partial charge in [-0.3, -0.25) is 14.4 Å². The maximum Gasteiger partial charge on any atom is 0.309 e. The van der Waals surface area contributed by atoms with E-state index in [0.717, 1.165) is 5.56 Å². The Morgan fingerprint density at radius 1 is 1.14 bits per heavy atom. The van der Waals surface area contributed by atoms with Crippen LogP contribution in [0.5, 0.6) is 11.5 Å².